The van der Waals surface area contributed by atoms with Crippen molar-refractivity contribution in [3.05, 3.63) is 64.1 Å². The quantitative estimate of drug-likeness (QED) is 0.805. The topological polar surface area (TPSA) is 64.2 Å². The summed E-state index contributed by atoms with van der Waals surface area (Å²) >= 11 is 0. The zero-order chi connectivity index (χ0) is 16.4. The van der Waals surface area contributed by atoms with Crippen LogP contribution < -0.4 is 11.1 Å². The summed E-state index contributed by atoms with van der Waals surface area (Å²) < 4.78 is 6.48. The molecule has 0 atom stereocenters. The average Bonchev–Trinajstić information content (AvgIpc) is 2.80. The number of anilines is 1. The van der Waals surface area contributed by atoms with Crippen LogP contribution in [0.4, 0.5) is 5.69 Å². The number of aromatic nitrogens is 1. The van der Waals surface area contributed by atoms with Crippen LogP contribution >= 0.6 is 0 Å². The van der Waals surface area contributed by atoms with Gasteiger partial charge >= 0.3 is 5.76 Å². The number of aryl methyl sites for hydroxylation is 3. The highest BCUT2D eigenvalue weighted by Gasteiger charge is 2.08. The number of fused-ring (bicyclic) bond motifs is 1. The Labute approximate surface area is 133 Å². The first-order valence-electron chi connectivity index (χ1n) is 7.48. The van der Waals surface area contributed by atoms with E-state index in [-0.39, 0.29) is 5.91 Å². The van der Waals surface area contributed by atoms with Crippen LogP contribution in [0.15, 0.2) is 51.7 Å². The molecule has 5 heteroatoms. The Morgan fingerprint density at radius 1 is 1.22 bits per heavy atom. The summed E-state index contributed by atoms with van der Waals surface area (Å²) in [5.41, 5.74) is 4.16. The molecule has 0 unspecified atom stereocenters. The van der Waals surface area contributed by atoms with Crippen molar-refractivity contribution in [1.29, 1.82) is 0 Å². The van der Waals surface area contributed by atoms with Crippen molar-refractivity contribution in [2.45, 2.75) is 19.8 Å². The molecule has 3 rings (SSSR count). The summed E-state index contributed by atoms with van der Waals surface area (Å²) in [6.07, 6.45) is 1.10. The fourth-order valence-corrected chi connectivity index (χ4v) is 2.55. The number of oxazole rings is 1. The Balaban J connectivity index is 1.68. The van der Waals surface area contributed by atoms with E-state index in [2.05, 4.69) is 11.4 Å². The first-order valence-corrected chi connectivity index (χ1v) is 7.48. The average molecular weight is 310 g/mol. The van der Waals surface area contributed by atoms with Crippen LogP contribution in [0.3, 0.4) is 0 Å². The summed E-state index contributed by atoms with van der Waals surface area (Å²) in [5.74, 6) is -0.470. The monoisotopic (exact) mass is 310 g/mol. The van der Waals surface area contributed by atoms with E-state index in [1.54, 1.807) is 25.2 Å². The van der Waals surface area contributed by atoms with Crippen molar-refractivity contribution in [3.8, 4) is 0 Å². The number of rotatable bonds is 4. The maximum absolute atomic E-state index is 12.1. The molecular weight excluding hydrogens is 292 g/mol. The lowest BCUT2D eigenvalue weighted by molar-refractivity contribution is -0.116. The van der Waals surface area contributed by atoms with Crippen LogP contribution in [0.25, 0.3) is 11.1 Å². The maximum Gasteiger partial charge on any atom is 0.419 e. The van der Waals surface area contributed by atoms with Crippen LogP contribution in [0.2, 0.25) is 0 Å². The van der Waals surface area contributed by atoms with Crippen LogP contribution in [0.5, 0.6) is 0 Å². The van der Waals surface area contributed by atoms with Crippen molar-refractivity contribution in [1.82, 2.24) is 4.57 Å². The number of nitrogens with zero attached hydrogens (tertiary/aromatic N) is 1. The molecule has 1 amide bonds. The molecule has 0 aliphatic carbocycles. The summed E-state index contributed by atoms with van der Waals surface area (Å²) in [6.45, 7) is 2.04. The van der Waals surface area contributed by atoms with E-state index in [1.807, 2.05) is 25.1 Å². The highest BCUT2D eigenvalue weighted by atomic mass is 16.4. The standard InChI is InChI=1S/C18H18N2O3/c1-12-4-3-5-13(10-12)6-9-17(21)19-14-7-8-16-15(11-14)20(2)18(22)23-16/h3-5,7-8,10-11H,6,9H2,1-2H3,(H,19,21). The van der Waals surface area contributed by atoms with Crippen LogP contribution in [-0.2, 0) is 18.3 Å². The molecule has 0 spiro atoms. The number of carbonyl (C=O) groups is 1. The van der Waals surface area contributed by atoms with Crippen molar-refractivity contribution in [2.24, 2.45) is 7.05 Å². The van der Waals surface area contributed by atoms with Crippen LogP contribution in [0, 0.1) is 6.92 Å². The van der Waals surface area contributed by atoms with E-state index >= 15 is 0 Å². The Hall–Kier alpha value is -2.82. The molecule has 0 aliphatic rings. The lowest BCUT2D eigenvalue weighted by atomic mass is 10.1. The largest absolute Gasteiger partial charge is 0.419 e. The molecule has 3 aromatic rings. The fraction of sp³-hybridized carbons (Fsp3) is 0.222. The molecule has 1 aromatic heterocycles. The number of hydrogen-bond donors (Lipinski definition) is 1. The van der Waals surface area contributed by atoms with E-state index in [0.717, 1.165) is 5.56 Å². The third-order valence-corrected chi connectivity index (χ3v) is 3.80. The minimum absolute atomic E-state index is 0.0562. The fourth-order valence-electron chi connectivity index (χ4n) is 2.55. The number of benzene rings is 2. The van der Waals surface area contributed by atoms with Crippen molar-refractivity contribution >= 4 is 22.7 Å². The Kier molecular flexibility index (Phi) is 4.02. The number of carbonyl (C=O) groups excluding carboxylic acids is 1. The molecule has 0 saturated heterocycles. The third kappa shape index (κ3) is 3.34. The Bertz CT molecular complexity index is 921. The third-order valence-electron chi connectivity index (χ3n) is 3.80. The highest BCUT2D eigenvalue weighted by Crippen LogP contribution is 2.18. The number of hydrogen-bond acceptors (Lipinski definition) is 3. The molecule has 5 nitrogen and oxygen atoms in total. The molecule has 1 N–H and O–H groups in total. The maximum atomic E-state index is 12.1. The highest BCUT2D eigenvalue weighted by molar-refractivity contribution is 5.92. The smallest absolute Gasteiger partial charge is 0.408 e. The van der Waals surface area contributed by atoms with Gasteiger partial charge in [0.1, 0.15) is 0 Å². The van der Waals surface area contributed by atoms with Gasteiger partial charge in [0.25, 0.3) is 0 Å². The van der Waals surface area contributed by atoms with E-state index < -0.39 is 5.76 Å². The summed E-state index contributed by atoms with van der Waals surface area (Å²) in [5, 5.41) is 2.86. The summed E-state index contributed by atoms with van der Waals surface area (Å²) in [6, 6.07) is 13.3. The molecule has 23 heavy (non-hydrogen) atoms. The molecule has 118 valence electrons. The SMILES string of the molecule is Cc1cccc(CCC(=O)Nc2ccc3oc(=O)n(C)c3c2)c1. The van der Waals surface area contributed by atoms with Crippen molar-refractivity contribution < 1.29 is 9.21 Å². The van der Waals surface area contributed by atoms with Gasteiger partial charge in [0.2, 0.25) is 5.91 Å². The first-order chi connectivity index (χ1) is 11.0. The van der Waals surface area contributed by atoms with Gasteiger partial charge in [-0.05, 0) is 37.1 Å². The molecule has 2 aromatic carbocycles. The molecule has 0 saturated carbocycles. The number of nitrogens with one attached hydrogen (secondary N) is 1. The van der Waals surface area contributed by atoms with Gasteiger partial charge in [-0.3, -0.25) is 9.36 Å². The van der Waals surface area contributed by atoms with E-state index in [4.69, 9.17) is 4.42 Å². The predicted molar refractivity (Wildman–Crippen MR) is 89.6 cm³/mol. The molecular formula is C18H18N2O3. The van der Waals surface area contributed by atoms with Gasteiger partial charge in [0, 0.05) is 19.2 Å². The van der Waals surface area contributed by atoms with E-state index in [0.29, 0.717) is 29.6 Å². The molecule has 0 bridgehead atoms. The van der Waals surface area contributed by atoms with E-state index in [9.17, 15) is 9.59 Å². The summed E-state index contributed by atoms with van der Waals surface area (Å²) in [7, 11) is 1.64. The van der Waals surface area contributed by atoms with Gasteiger partial charge in [0.15, 0.2) is 5.58 Å². The molecule has 1 heterocycles. The van der Waals surface area contributed by atoms with Gasteiger partial charge in [-0.2, -0.15) is 0 Å². The summed E-state index contributed by atoms with van der Waals surface area (Å²) in [4.78, 5) is 23.6. The van der Waals surface area contributed by atoms with Gasteiger partial charge < -0.3 is 9.73 Å². The minimum atomic E-state index is -0.414. The zero-order valence-electron chi connectivity index (χ0n) is 13.1. The first kappa shape index (κ1) is 15.1. The lowest BCUT2D eigenvalue weighted by Gasteiger charge is -2.06. The van der Waals surface area contributed by atoms with Crippen LogP contribution in [0.1, 0.15) is 17.5 Å². The molecule has 0 fully saturated rings. The second-order valence-electron chi connectivity index (χ2n) is 5.65. The Morgan fingerprint density at radius 3 is 2.83 bits per heavy atom. The molecule has 0 radical (unpaired) electrons. The molecule has 0 aliphatic heterocycles. The van der Waals surface area contributed by atoms with Gasteiger partial charge in [-0.15, -0.1) is 0 Å². The Morgan fingerprint density at radius 2 is 2.04 bits per heavy atom. The minimum Gasteiger partial charge on any atom is -0.408 e. The predicted octanol–water partition coefficient (Wildman–Crippen LogP) is 3.01. The van der Waals surface area contributed by atoms with Gasteiger partial charge in [-0.25, -0.2) is 4.79 Å². The lowest BCUT2D eigenvalue weighted by Crippen LogP contribution is -2.12. The van der Waals surface area contributed by atoms with Gasteiger partial charge in [0.05, 0.1) is 5.52 Å². The zero-order valence-corrected chi connectivity index (χ0v) is 13.1. The normalized spacial score (nSPS) is 10.9. The second kappa shape index (κ2) is 6.12. The van der Waals surface area contributed by atoms with Crippen LogP contribution in [-0.4, -0.2) is 10.5 Å². The van der Waals surface area contributed by atoms with Crippen molar-refractivity contribution in [2.75, 3.05) is 5.32 Å². The second-order valence-corrected chi connectivity index (χ2v) is 5.65. The number of amides is 1. The van der Waals surface area contributed by atoms with E-state index in [1.165, 1.54) is 10.1 Å². The van der Waals surface area contributed by atoms with Crippen molar-refractivity contribution in [3.63, 3.8) is 0 Å². The van der Waals surface area contributed by atoms with Gasteiger partial charge in [-0.1, -0.05) is 29.8 Å².